The molecule has 35 heavy (non-hydrogen) atoms. The van der Waals surface area contributed by atoms with Gasteiger partial charge in [-0.15, -0.1) is 0 Å². The molecule has 2 amide bonds. The van der Waals surface area contributed by atoms with Crippen LogP contribution in [0.15, 0.2) is 0 Å². The predicted molar refractivity (Wildman–Crippen MR) is 110 cm³/mol. The average molecular weight is 580 g/mol. The quantitative estimate of drug-likeness (QED) is 0.190. The van der Waals surface area contributed by atoms with Crippen molar-refractivity contribution in [3.8, 4) is 0 Å². The standard InChI is InChI=1S/2C11H17NO4.Mo.2O/c2*1-12(8-5-3-2-4-6-8)10(14)7-9(13)11(15)16;;;/h2*8H,2-7H2,1H3,(H,15,16);;;/q;;+2;;/p-2. The molecule has 0 aliphatic heterocycles. The van der Waals surface area contributed by atoms with Gasteiger partial charge in [0.1, 0.15) is 11.9 Å². The second-order valence-electron chi connectivity index (χ2n) is 8.44. The molecule has 0 radical (unpaired) electrons. The van der Waals surface area contributed by atoms with Crippen molar-refractivity contribution in [2.24, 2.45) is 0 Å². The zero-order valence-corrected chi connectivity index (χ0v) is 22.0. The van der Waals surface area contributed by atoms with Crippen LogP contribution in [0.2, 0.25) is 0 Å². The third-order valence-corrected chi connectivity index (χ3v) is 6.11. The molecule has 0 aromatic heterocycles. The van der Waals surface area contributed by atoms with Gasteiger partial charge in [0.2, 0.25) is 11.8 Å². The predicted octanol–water partition coefficient (Wildman–Crippen LogP) is -1.27. The van der Waals surface area contributed by atoms with E-state index in [4.69, 9.17) is 6.80 Å². The molecule has 13 heteroatoms. The summed E-state index contributed by atoms with van der Waals surface area (Å²) in [4.78, 5) is 68.2. The summed E-state index contributed by atoms with van der Waals surface area (Å²) in [6.07, 6.45) is 9.23. The summed E-state index contributed by atoms with van der Waals surface area (Å²) in [6.45, 7) is 0. The Balaban J connectivity index is 0.000000594. The molecule has 2 fully saturated rings. The normalized spacial score (nSPS) is 15.6. The SMILES string of the molecule is CN(C(=O)CC(=O)C(=O)[O-])C1CCCCC1.CN(C(=O)CC(=O)C(=O)[O-])C1CCCCC1.[O]=[Mo+2]=[O]. The first-order chi connectivity index (χ1) is 16.5. The van der Waals surface area contributed by atoms with Gasteiger partial charge in [0, 0.05) is 26.2 Å². The van der Waals surface area contributed by atoms with E-state index in [1.54, 1.807) is 14.1 Å². The number of nitrogens with zero attached hydrogens (tertiary/aromatic N) is 2. The van der Waals surface area contributed by atoms with E-state index in [9.17, 15) is 39.0 Å². The molecule has 0 heterocycles. The van der Waals surface area contributed by atoms with Gasteiger partial charge in [-0.2, -0.15) is 0 Å². The van der Waals surface area contributed by atoms with Crippen molar-refractivity contribution >= 4 is 35.3 Å². The van der Waals surface area contributed by atoms with Crippen molar-refractivity contribution in [2.75, 3.05) is 14.1 Å². The molecule has 0 aromatic rings. The first-order valence-corrected chi connectivity index (χ1v) is 13.0. The maximum absolute atomic E-state index is 11.6. The number of carbonyl (C=O) groups is 6. The van der Waals surface area contributed by atoms with E-state index in [-0.39, 0.29) is 12.1 Å². The van der Waals surface area contributed by atoms with Crippen molar-refractivity contribution in [3.63, 3.8) is 0 Å². The third-order valence-electron chi connectivity index (χ3n) is 6.11. The van der Waals surface area contributed by atoms with Gasteiger partial charge >= 0.3 is 25.3 Å². The monoisotopic (exact) mass is 582 g/mol. The Kier molecular flexibility index (Phi) is 16.6. The molecule has 0 saturated heterocycles. The zero-order chi connectivity index (χ0) is 27.0. The van der Waals surface area contributed by atoms with Crippen LogP contribution in [0.4, 0.5) is 0 Å². The van der Waals surface area contributed by atoms with Crippen LogP contribution in [-0.4, -0.2) is 71.3 Å². The van der Waals surface area contributed by atoms with Gasteiger partial charge in [-0.1, -0.05) is 38.5 Å². The minimum atomic E-state index is -2.03. The van der Waals surface area contributed by atoms with Crippen LogP contribution in [0.1, 0.15) is 77.0 Å². The van der Waals surface area contributed by atoms with Crippen LogP contribution in [0.5, 0.6) is 0 Å². The van der Waals surface area contributed by atoms with E-state index < -0.39 is 66.7 Å². The van der Waals surface area contributed by atoms with Gasteiger partial charge in [-0.25, -0.2) is 0 Å². The number of aliphatic carboxylic acids is 2. The molecule has 0 spiro atoms. The maximum atomic E-state index is 11.6. The van der Waals surface area contributed by atoms with Crippen molar-refractivity contribution in [1.29, 1.82) is 0 Å². The molecular weight excluding hydrogens is 548 g/mol. The number of hydrogen-bond acceptors (Lipinski definition) is 10. The Labute approximate surface area is 212 Å². The number of hydrogen-bond donors (Lipinski definition) is 0. The van der Waals surface area contributed by atoms with E-state index in [0.29, 0.717) is 0 Å². The molecule has 0 atom stereocenters. The second-order valence-corrected chi connectivity index (χ2v) is 8.77. The molecular formula is C22H32MoN2O10. The van der Waals surface area contributed by atoms with E-state index in [2.05, 4.69) is 0 Å². The summed E-state index contributed by atoms with van der Waals surface area (Å²) < 4.78 is 17.0. The zero-order valence-electron chi connectivity index (χ0n) is 20.0. The minimum absolute atomic E-state index is 0.149. The topological polar surface area (TPSA) is 189 Å². The second kappa shape index (κ2) is 17.9. The summed E-state index contributed by atoms with van der Waals surface area (Å²) in [5.74, 6) is -6.72. The number of carboxylic acid groups (broad SMARTS) is 2. The van der Waals surface area contributed by atoms with Crippen molar-refractivity contribution in [2.45, 2.75) is 89.1 Å². The van der Waals surface area contributed by atoms with Gasteiger partial charge < -0.3 is 29.6 Å². The number of amides is 2. The fraction of sp³-hybridized carbons (Fsp3) is 0.727. The fourth-order valence-corrected chi connectivity index (χ4v) is 4.01. The first kappa shape index (κ1) is 32.5. The Bertz CT molecular complexity index is 738. The van der Waals surface area contributed by atoms with E-state index in [0.717, 1.165) is 51.4 Å². The van der Waals surface area contributed by atoms with Crippen LogP contribution in [-0.2, 0) is 54.1 Å². The number of Topliss-reactive ketones (excluding diaryl/α,β-unsaturated/α-hetero) is 2. The van der Waals surface area contributed by atoms with Gasteiger partial charge in [-0.3, -0.25) is 19.2 Å². The van der Waals surface area contributed by atoms with Gasteiger partial charge in [0.05, 0.1) is 12.8 Å². The first-order valence-electron chi connectivity index (χ1n) is 11.4. The fourth-order valence-electron chi connectivity index (χ4n) is 4.01. The summed E-state index contributed by atoms with van der Waals surface area (Å²) in [7, 11) is 3.25. The average Bonchev–Trinajstić information content (AvgIpc) is 2.84. The molecule has 196 valence electrons. The van der Waals surface area contributed by atoms with Gasteiger partial charge in [-0.05, 0) is 25.7 Å². The summed E-state index contributed by atoms with van der Waals surface area (Å²) in [5, 5.41) is 20.4. The van der Waals surface area contributed by atoms with Crippen molar-refractivity contribution < 1.29 is 64.3 Å². The third kappa shape index (κ3) is 13.2. The summed E-state index contributed by atoms with van der Waals surface area (Å²) in [5.41, 5.74) is 0. The molecule has 0 N–H and O–H groups in total. The molecule has 2 rings (SSSR count). The molecule has 2 saturated carbocycles. The van der Waals surface area contributed by atoms with E-state index in [1.165, 1.54) is 22.6 Å². The number of carbonyl (C=O) groups excluding carboxylic acids is 6. The Morgan fingerprint density at radius 1 is 0.629 bits per heavy atom. The molecule has 0 aromatic carbocycles. The van der Waals surface area contributed by atoms with Crippen LogP contribution < -0.4 is 10.2 Å². The molecule has 2 aliphatic rings. The molecule has 2 aliphatic carbocycles. The van der Waals surface area contributed by atoms with E-state index >= 15 is 0 Å². The van der Waals surface area contributed by atoms with Crippen molar-refractivity contribution in [1.82, 2.24) is 9.80 Å². The van der Waals surface area contributed by atoms with Gasteiger partial charge in [0.25, 0.3) is 0 Å². The molecule has 12 nitrogen and oxygen atoms in total. The van der Waals surface area contributed by atoms with Crippen LogP contribution in [0.3, 0.4) is 0 Å². The Morgan fingerprint density at radius 3 is 1.11 bits per heavy atom. The van der Waals surface area contributed by atoms with Crippen LogP contribution in [0.25, 0.3) is 0 Å². The molecule has 0 bridgehead atoms. The number of carboxylic acids is 2. The number of rotatable bonds is 8. The van der Waals surface area contributed by atoms with Crippen LogP contribution in [0, 0.1) is 0 Å². The van der Waals surface area contributed by atoms with E-state index in [1.807, 2.05) is 0 Å². The summed E-state index contributed by atoms with van der Waals surface area (Å²) in [6, 6.07) is 0.298. The van der Waals surface area contributed by atoms with Crippen molar-refractivity contribution in [3.05, 3.63) is 0 Å². The van der Waals surface area contributed by atoms with Gasteiger partial charge in [0.15, 0.2) is 11.6 Å². The summed E-state index contributed by atoms with van der Waals surface area (Å²) >= 11 is -2.03. The number of ketones is 2. The Hall–Kier alpha value is -2.49. The molecule has 0 unspecified atom stereocenters. The van der Waals surface area contributed by atoms with Crippen LogP contribution >= 0.6 is 0 Å². The Morgan fingerprint density at radius 2 is 0.886 bits per heavy atom.